The molecule has 0 heterocycles. The number of carbonyl (C=O) groups excluding carboxylic acids is 1. The zero-order chi connectivity index (χ0) is 13.7. The Morgan fingerprint density at radius 1 is 1.41 bits per heavy atom. The first-order valence-corrected chi connectivity index (χ1v) is 5.85. The van der Waals surface area contributed by atoms with Crippen molar-refractivity contribution in [1.82, 2.24) is 5.32 Å². The molecule has 0 radical (unpaired) electrons. The van der Waals surface area contributed by atoms with E-state index in [1.165, 1.54) is 0 Å². The third-order valence-corrected chi connectivity index (χ3v) is 2.70. The van der Waals surface area contributed by atoms with Crippen LogP contribution >= 0.6 is 0 Å². The molecule has 0 saturated carbocycles. The molecule has 0 aromatic heterocycles. The van der Waals surface area contributed by atoms with Gasteiger partial charge in [-0.05, 0) is 12.3 Å². The number of methoxy groups -OCH3 is 1. The number of rotatable bonds is 6. The van der Waals surface area contributed by atoms with E-state index in [4.69, 9.17) is 10.5 Å². The van der Waals surface area contributed by atoms with E-state index >= 15 is 0 Å². The van der Waals surface area contributed by atoms with Crippen LogP contribution < -0.4 is 11.1 Å². The quantitative estimate of drug-likeness (QED) is 0.628. The van der Waals surface area contributed by atoms with E-state index < -0.39 is 11.6 Å². The van der Waals surface area contributed by atoms with Gasteiger partial charge in [0, 0.05) is 26.7 Å². The molecule has 0 aliphatic carbocycles. The third kappa shape index (κ3) is 6.61. The summed E-state index contributed by atoms with van der Waals surface area (Å²) in [7, 11) is 1.57. The lowest BCUT2D eigenvalue weighted by molar-refractivity contribution is -0.125. The number of aliphatic hydroxyl groups is 1. The molecule has 5 nitrogen and oxygen atoms in total. The van der Waals surface area contributed by atoms with Crippen LogP contribution in [0.3, 0.4) is 0 Å². The van der Waals surface area contributed by atoms with Crippen LogP contribution in [0.15, 0.2) is 0 Å². The fourth-order valence-corrected chi connectivity index (χ4v) is 1.19. The van der Waals surface area contributed by atoms with Crippen molar-refractivity contribution in [1.29, 1.82) is 0 Å². The van der Waals surface area contributed by atoms with Gasteiger partial charge < -0.3 is 20.9 Å². The van der Waals surface area contributed by atoms with Crippen molar-refractivity contribution in [2.45, 2.75) is 45.8 Å². The van der Waals surface area contributed by atoms with Crippen molar-refractivity contribution >= 4 is 5.91 Å². The van der Waals surface area contributed by atoms with Crippen molar-refractivity contribution in [3.8, 4) is 0 Å². The fourth-order valence-electron chi connectivity index (χ4n) is 1.19. The Bertz CT molecular complexity index is 247. The van der Waals surface area contributed by atoms with Gasteiger partial charge in [-0.15, -0.1) is 0 Å². The van der Waals surface area contributed by atoms with Gasteiger partial charge in [0.25, 0.3) is 0 Å². The Morgan fingerprint density at radius 2 is 1.94 bits per heavy atom. The number of hydrogen-bond acceptors (Lipinski definition) is 4. The Labute approximate surface area is 104 Å². The highest BCUT2D eigenvalue weighted by Crippen LogP contribution is 2.17. The Balaban J connectivity index is 4.15. The predicted molar refractivity (Wildman–Crippen MR) is 67.6 cm³/mol. The Hall–Kier alpha value is -0.650. The minimum Gasteiger partial charge on any atom is -0.388 e. The molecule has 0 aliphatic rings. The summed E-state index contributed by atoms with van der Waals surface area (Å²) in [6.07, 6.45) is 0.467. The molecule has 17 heavy (non-hydrogen) atoms. The predicted octanol–water partition coefficient (Wildman–Crippen LogP) is 0.264. The van der Waals surface area contributed by atoms with Gasteiger partial charge in [0.05, 0.1) is 11.6 Å². The maximum absolute atomic E-state index is 11.7. The first-order chi connectivity index (χ1) is 7.60. The molecule has 0 aliphatic heterocycles. The maximum Gasteiger partial charge on any atom is 0.237 e. The molecule has 102 valence electrons. The van der Waals surface area contributed by atoms with E-state index in [0.29, 0.717) is 13.0 Å². The number of nitrogens with one attached hydrogen (secondary N) is 1. The molecule has 0 spiro atoms. The highest BCUT2D eigenvalue weighted by Gasteiger charge is 2.29. The number of nitrogens with two attached hydrogens (primary N) is 1. The van der Waals surface area contributed by atoms with Crippen LogP contribution in [0.5, 0.6) is 0 Å². The van der Waals surface area contributed by atoms with Crippen LogP contribution in [-0.2, 0) is 9.53 Å². The number of amides is 1. The first-order valence-electron chi connectivity index (χ1n) is 5.85. The van der Waals surface area contributed by atoms with Gasteiger partial charge in [0.1, 0.15) is 0 Å². The first kappa shape index (κ1) is 16.4. The van der Waals surface area contributed by atoms with E-state index in [-0.39, 0.29) is 17.9 Å². The smallest absolute Gasteiger partial charge is 0.237 e. The lowest BCUT2D eigenvalue weighted by Gasteiger charge is -2.28. The lowest BCUT2D eigenvalue weighted by Crippen LogP contribution is -2.52. The van der Waals surface area contributed by atoms with Crippen LogP contribution in [0.2, 0.25) is 0 Å². The van der Waals surface area contributed by atoms with Gasteiger partial charge >= 0.3 is 0 Å². The van der Waals surface area contributed by atoms with Gasteiger partial charge in [-0.25, -0.2) is 0 Å². The van der Waals surface area contributed by atoms with Gasteiger partial charge in [0.2, 0.25) is 5.91 Å². The number of ether oxygens (including phenoxy) is 1. The summed E-state index contributed by atoms with van der Waals surface area (Å²) in [5.41, 5.74) is 4.55. The van der Waals surface area contributed by atoms with Crippen molar-refractivity contribution in [3.63, 3.8) is 0 Å². The molecule has 4 N–H and O–H groups in total. The molecule has 0 fully saturated rings. The summed E-state index contributed by atoms with van der Waals surface area (Å²) in [5.74, 6) is -0.241. The van der Waals surface area contributed by atoms with Crippen molar-refractivity contribution in [3.05, 3.63) is 0 Å². The van der Waals surface area contributed by atoms with Crippen LogP contribution in [0.1, 0.15) is 34.1 Å². The SMILES string of the molecule is COCCC(C)(O)CNC(=O)C(N)C(C)(C)C. The standard InChI is InChI=1S/C12H26N2O3/c1-11(2,3)9(13)10(15)14-8-12(4,16)6-7-17-5/h9,16H,6-8,13H2,1-5H3,(H,14,15). The maximum atomic E-state index is 11.7. The second-order valence-corrected chi connectivity index (χ2v) is 5.80. The molecule has 5 heteroatoms. The minimum absolute atomic E-state index is 0.180. The summed E-state index contributed by atoms with van der Waals surface area (Å²) >= 11 is 0. The van der Waals surface area contributed by atoms with Crippen LogP contribution in [-0.4, -0.2) is 42.9 Å². The van der Waals surface area contributed by atoms with E-state index in [2.05, 4.69) is 5.32 Å². The summed E-state index contributed by atoms with van der Waals surface area (Å²) in [6, 6.07) is -0.583. The minimum atomic E-state index is -0.969. The molecule has 2 atom stereocenters. The summed E-state index contributed by atoms with van der Waals surface area (Å²) in [6.45, 7) is 8.00. The molecular weight excluding hydrogens is 220 g/mol. The van der Waals surface area contributed by atoms with Crippen LogP contribution in [0.25, 0.3) is 0 Å². The molecule has 2 unspecified atom stereocenters. The Kier molecular flexibility index (Phi) is 6.09. The molecule has 1 amide bonds. The molecule has 0 aromatic rings. The average molecular weight is 246 g/mol. The molecule has 0 bridgehead atoms. The summed E-state index contributed by atoms with van der Waals surface area (Å²) in [4.78, 5) is 11.7. The van der Waals surface area contributed by atoms with Gasteiger partial charge in [-0.1, -0.05) is 20.8 Å². The summed E-state index contributed by atoms with van der Waals surface area (Å²) in [5, 5.41) is 12.6. The number of carbonyl (C=O) groups is 1. The highest BCUT2D eigenvalue weighted by molar-refractivity contribution is 5.82. The molecule has 0 rings (SSSR count). The average Bonchev–Trinajstić information content (AvgIpc) is 2.21. The monoisotopic (exact) mass is 246 g/mol. The summed E-state index contributed by atoms with van der Waals surface area (Å²) < 4.78 is 4.89. The lowest BCUT2D eigenvalue weighted by atomic mass is 9.87. The second kappa shape index (κ2) is 6.33. The topological polar surface area (TPSA) is 84.6 Å². The molecule has 0 saturated heterocycles. The van der Waals surface area contributed by atoms with Crippen molar-refractivity contribution in [2.75, 3.05) is 20.3 Å². The van der Waals surface area contributed by atoms with Gasteiger partial charge in [0.15, 0.2) is 0 Å². The van der Waals surface area contributed by atoms with Crippen molar-refractivity contribution < 1.29 is 14.6 Å². The largest absolute Gasteiger partial charge is 0.388 e. The van der Waals surface area contributed by atoms with Crippen LogP contribution in [0, 0.1) is 5.41 Å². The van der Waals surface area contributed by atoms with Crippen LogP contribution in [0.4, 0.5) is 0 Å². The second-order valence-electron chi connectivity index (χ2n) is 5.80. The Morgan fingerprint density at radius 3 is 2.35 bits per heavy atom. The molecule has 0 aromatic carbocycles. The van der Waals surface area contributed by atoms with E-state index in [9.17, 15) is 9.90 Å². The fraction of sp³-hybridized carbons (Fsp3) is 0.917. The normalized spacial score (nSPS) is 17.4. The van der Waals surface area contributed by atoms with Crippen molar-refractivity contribution in [2.24, 2.45) is 11.1 Å². The zero-order valence-corrected chi connectivity index (χ0v) is 11.5. The molecular formula is C12H26N2O3. The van der Waals surface area contributed by atoms with E-state index in [1.54, 1.807) is 14.0 Å². The van der Waals surface area contributed by atoms with E-state index in [0.717, 1.165) is 0 Å². The van der Waals surface area contributed by atoms with E-state index in [1.807, 2.05) is 20.8 Å². The highest BCUT2D eigenvalue weighted by atomic mass is 16.5. The number of hydrogen-bond donors (Lipinski definition) is 3. The third-order valence-electron chi connectivity index (χ3n) is 2.70. The zero-order valence-electron chi connectivity index (χ0n) is 11.5. The van der Waals surface area contributed by atoms with Gasteiger partial charge in [-0.2, -0.15) is 0 Å². The van der Waals surface area contributed by atoms with Gasteiger partial charge in [-0.3, -0.25) is 4.79 Å².